The number of hydrogen-bond acceptors (Lipinski definition) is 4. The van der Waals surface area contributed by atoms with E-state index in [1.165, 1.54) is 0 Å². The Morgan fingerprint density at radius 1 is 1.60 bits per heavy atom. The standard InChI is InChI=1S/C4H11NO3P.Na.H/c1-3-5-8-9(6)7-4-2;;/h5H,3-4H2,1-2H3;;/q2*+1;-1. The van der Waals surface area contributed by atoms with Crippen LogP contribution in [0.4, 0.5) is 0 Å². The van der Waals surface area contributed by atoms with Gasteiger partial charge in [0.25, 0.3) is 0 Å². The third kappa shape index (κ3) is 8.98. The monoisotopic (exact) mass is 176 g/mol. The van der Waals surface area contributed by atoms with E-state index in [1.807, 2.05) is 6.92 Å². The van der Waals surface area contributed by atoms with Crippen LogP contribution in [0.1, 0.15) is 15.3 Å². The average molecular weight is 176 g/mol. The molecule has 0 aromatic heterocycles. The van der Waals surface area contributed by atoms with E-state index in [9.17, 15) is 4.57 Å². The van der Waals surface area contributed by atoms with Crippen molar-refractivity contribution in [2.75, 3.05) is 13.2 Å². The molecule has 0 fully saturated rings. The Hall–Kier alpha value is 0.980. The molecule has 0 saturated heterocycles. The second-order valence-corrected chi connectivity index (χ2v) is 2.12. The van der Waals surface area contributed by atoms with E-state index in [2.05, 4.69) is 14.6 Å². The topological polar surface area (TPSA) is 47.6 Å². The summed E-state index contributed by atoms with van der Waals surface area (Å²) in [5.74, 6) is 0. The summed E-state index contributed by atoms with van der Waals surface area (Å²) in [7, 11) is -1.95. The molecule has 56 valence electrons. The fraction of sp³-hybridized carbons (Fsp3) is 1.00. The zero-order valence-electron chi connectivity index (χ0n) is 7.59. The van der Waals surface area contributed by atoms with E-state index in [0.29, 0.717) is 13.2 Å². The average Bonchev–Trinajstić information content (AvgIpc) is 1.85. The predicted octanol–water partition coefficient (Wildman–Crippen LogP) is -1.66. The Bertz CT molecular complexity index is 97.4. The second-order valence-electron chi connectivity index (χ2n) is 1.23. The van der Waals surface area contributed by atoms with E-state index in [-0.39, 0.29) is 31.0 Å². The first kappa shape index (κ1) is 13.6. The van der Waals surface area contributed by atoms with Gasteiger partial charge in [-0.05, 0) is 11.5 Å². The Kier molecular flexibility index (Phi) is 13.5. The van der Waals surface area contributed by atoms with Gasteiger partial charge in [-0.3, -0.25) is 0 Å². The molecule has 0 amide bonds. The van der Waals surface area contributed by atoms with Gasteiger partial charge in [-0.2, -0.15) is 0 Å². The van der Waals surface area contributed by atoms with Crippen molar-refractivity contribution in [2.45, 2.75) is 13.8 Å². The summed E-state index contributed by atoms with van der Waals surface area (Å²) in [6.07, 6.45) is 0. The molecule has 0 spiro atoms. The van der Waals surface area contributed by atoms with Crippen molar-refractivity contribution in [3.63, 3.8) is 0 Å². The first-order valence-corrected chi connectivity index (χ1v) is 3.90. The zero-order valence-corrected chi connectivity index (χ0v) is 9.48. The maximum absolute atomic E-state index is 10.4. The number of hydrogen-bond donors (Lipinski definition) is 1. The number of rotatable bonds is 5. The van der Waals surface area contributed by atoms with Gasteiger partial charge >= 0.3 is 37.8 Å². The number of hydroxylamine groups is 1. The largest absolute Gasteiger partial charge is 1.00 e. The van der Waals surface area contributed by atoms with Crippen molar-refractivity contribution in [1.82, 2.24) is 5.48 Å². The van der Waals surface area contributed by atoms with Gasteiger partial charge in [0.15, 0.2) is 0 Å². The Labute approximate surface area is 85.3 Å². The van der Waals surface area contributed by atoms with E-state index in [1.54, 1.807) is 6.92 Å². The molecule has 4 nitrogen and oxygen atoms in total. The molecule has 1 unspecified atom stereocenters. The molecule has 0 heterocycles. The molecule has 0 aliphatic rings. The molecule has 1 atom stereocenters. The van der Waals surface area contributed by atoms with Crippen LogP contribution in [-0.2, 0) is 13.7 Å². The molecule has 1 N–H and O–H groups in total. The summed E-state index contributed by atoms with van der Waals surface area (Å²) < 4.78 is 19.5. The van der Waals surface area contributed by atoms with Gasteiger partial charge in [-0.25, -0.2) is 0 Å². The van der Waals surface area contributed by atoms with E-state index in [0.717, 1.165) is 0 Å². The first-order chi connectivity index (χ1) is 4.31. The quantitative estimate of drug-likeness (QED) is 0.309. The third-order valence-electron chi connectivity index (χ3n) is 0.518. The van der Waals surface area contributed by atoms with Gasteiger partial charge in [0, 0.05) is 11.1 Å². The van der Waals surface area contributed by atoms with Gasteiger partial charge in [0.2, 0.25) is 0 Å². The molecule has 0 radical (unpaired) electrons. The van der Waals surface area contributed by atoms with E-state index < -0.39 is 8.25 Å². The van der Waals surface area contributed by atoms with Crippen molar-refractivity contribution in [3.05, 3.63) is 0 Å². The van der Waals surface area contributed by atoms with Gasteiger partial charge in [0.05, 0.1) is 0 Å². The summed E-state index contributed by atoms with van der Waals surface area (Å²) in [4.78, 5) is 0. The molecule has 0 bridgehead atoms. The van der Waals surface area contributed by atoms with Crippen LogP contribution in [0, 0.1) is 0 Å². The minimum Gasteiger partial charge on any atom is -1.00 e. The van der Waals surface area contributed by atoms with Crippen LogP contribution in [0.5, 0.6) is 0 Å². The van der Waals surface area contributed by atoms with Crippen LogP contribution in [0.3, 0.4) is 0 Å². The minimum absolute atomic E-state index is 0. The summed E-state index contributed by atoms with van der Waals surface area (Å²) in [6, 6.07) is 0. The van der Waals surface area contributed by atoms with Crippen molar-refractivity contribution in [3.8, 4) is 0 Å². The molecule has 0 aliphatic carbocycles. The maximum Gasteiger partial charge on any atom is 1.00 e. The fourth-order valence-corrected chi connectivity index (χ4v) is 0.747. The molecule has 10 heavy (non-hydrogen) atoms. The molecule has 0 saturated carbocycles. The summed E-state index contributed by atoms with van der Waals surface area (Å²) >= 11 is 0. The molecular weight excluding hydrogens is 164 g/mol. The summed E-state index contributed by atoms with van der Waals surface area (Å²) in [5.41, 5.74) is 2.42. The van der Waals surface area contributed by atoms with Crippen LogP contribution >= 0.6 is 8.25 Å². The Morgan fingerprint density at radius 3 is 2.60 bits per heavy atom. The van der Waals surface area contributed by atoms with Crippen molar-refractivity contribution < 1.29 is 44.7 Å². The van der Waals surface area contributed by atoms with Crippen molar-refractivity contribution in [1.29, 1.82) is 0 Å². The third-order valence-corrected chi connectivity index (χ3v) is 1.27. The predicted molar refractivity (Wildman–Crippen MR) is 35.1 cm³/mol. The molecule has 0 aliphatic heterocycles. The fourth-order valence-electron chi connectivity index (χ4n) is 0.249. The smallest absolute Gasteiger partial charge is 1.00 e. The molecule has 0 aromatic carbocycles. The summed E-state index contributed by atoms with van der Waals surface area (Å²) in [6.45, 7) is 4.62. The van der Waals surface area contributed by atoms with Crippen LogP contribution < -0.4 is 35.0 Å². The van der Waals surface area contributed by atoms with Crippen LogP contribution in [0.2, 0.25) is 0 Å². The normalized spacial score (nSPS) is 10.4. The molecule has 0 rings (SSSR count). The second kappa shape index (κ2) is 9.98. The van der Waals surface area contributed by atoms with Crippen molar-refractivity contribution in [2.24, 2.45) is 0 Å². The molecule has 0 aromatic rings. The maximum atomic E-state index is 10.4. The summed E-state index contributed by atoms with van der Waals surface area (Å²) in [5, 5.41) is 0. The van der Waals surface area contributed by atoms with Crippen molar-refractivity contribution >= 4 is 8.25 Å². The number of nitrogens with one attached hydrogen (secondary N) is 1. The van der Waals surface area contributed by atoms with E-state index in [4.69, 9.17) is 0 Å². The van der Waals surface area contributed by atoms with Gasteiger partial charge in [0.1, 0.15) is 6.61 Å². The zero-order chi connectivity index (χ0) is 7.11. The van der Waals surface area contributed by atoms with Gasteiger partial charge in [-0.15, -0.1) is 10.0 Å². The molecule has 6 heteroatoms. The van der Waals surface area contributed by atoms with Crippen LogP contribution in [-0.4, -0.2) is 13.2 Å². The Morgan fingerprint density at radius 2 is 2.20 bits per heavy atom. The van der Waals surface area contributed by atoms with Crippen LogP contribution in [0.25, 0.3) is 0 Å². The molecular formula is C4H12NNaO3P+. The minimum atomic E-state index is -1.95. The van der Waals surface area contributed by atoms with Crippen LogP contribution in [0.15, 0.2) is 0 Å². The SMILES string of the molecule is CCNO[P+](=O)OCC.[H-].[Na+]. The first-order valence-electron chi connectivity index (χ1n) is 2.81. The van der Waals surface area contributed by atoms with E-state index >= 15 is 0 Å². The van der Waals surface area contributed by atoms with Gasteiger partial charge < -0.3 is 1.43 Å². The Balaban J connectivity index is -0.000000320. The van der Waals surface area contributed by atoms with Gasteiger partial charge in [-0.1, -0.05) is 6.92 Å².